The van der Waals surface area contributed by atoms with E-state index in [-0.39, 0.29) is 5.91 Å². The highest BCUT2D eigenvalue weighted by Gasteiger charge is 2.12. The number of benzene rings is 1. The van der Waals surface area contributed by atoms with E-state index < -0.39 is 0 Å². The molecule has 104 valence electrons. The molecule has 0 radical (unpaired) electrons. The smallest absolute Gasteiger partial charge is 0.261 e. The Hall–Kier alpha value is -2.01. The van der Waals surface area contributed by atoms with Gasteiger partial charge in [-0.25, -0.2) is 0 Å². The highest BCUT2D eigenvalue weighted by molar-refractivity contribution is 7.13. The molecule has 1 aliphatic rings. The van der Waals surface area contributed by atoms with Gasteiger partial charge in [-0.3, -0.25) is 4.79 Å². The van der Waals surface area contributed by atoms with Crippen molar-refractivity contribution in [3.05, 3.63) is 45.6 Å². The van der Waals surface area contributed by atoms with Crippen molar-refractivity contribution >= 4 is 17.2 Å². The molecule has 0 bridgehead atoms. The number of aryl methyl sites for hydroxylation is 1. The second kappa shape index (κ2) is 5.54. The van der Waals surface area contributed by atoms with Crippen LogP contribution in [0.4, 0.5) is 0 Å². The molecule has 1 aromatic heterocycles. The fraction of sp³-hybridized carbons (Fsp3) is 0.267. The van der Waals surface area contributed by atoms with Gasteiger partial charge < -0.3 is 14.8 Å². The summed E-state index contributed by atoms with van der Waals surface area (Å²) in [7, 11) is 0. The van der Waals surface area contributed by atoms with Crippen molar-refractivity contribution in [1.82, 2.24) is 5.32 Å². The van der Waals surface area contributed by atoms with Gasteiger partial charge >= 0.3 is 0 Å². The van der Waals surface area contributed by atoms with Gasteiger partial charge in [0, 0.05) is 11.4 Å². The largest absolute Gasteiger partial charge is 0.486 e. The molecule has 1 aromatic carbocycles. The first-order valence-electron chi connectivity index (χ1n) is 6.45. The van der Waals surface area contributed by atoms with E-state index in [4.69, 9.17) is 9.47 Å². The maximum absolute atomic E-state index is 12.0. The number of ether oxygens (including phenoxy) is 2. The van der Waals surface area contributed by atoms with E-state index >= 15 is 0 Å². The topological polar surface area (TPSA) is 47.6 Å². The Morgan fingerprint density at radius 1 is 1.20 bits per heavy atom. The molecule has 2 aromatic rings. The SMILES string of the molecule is Cc1ccc(C(=O)NCc2ccc3c(c2)OCCO3)s1. The van der Waals surface area contributed by atoms with Crippen LogP contribution in [0.1, 0.15) is 20.1 Å². The van der Waals surface area contributed by atoms with Crippen LogP contribution in [0, 0.1) is 6.92 Å². The molecule has 0 atom stereocenters. The average Bonchev–Trinajstić information content (AvgIpc) is 2.91. The lowest BCUT2D eigenvalue weighted by molar-refractivity contribution is 0.0955. The lowest BCUT2D eigenvalue weighted by Crippen LogP contribution is -2.22. The van der Waals surface area contributed by atoms with Crippen LogP contribution < -0.4 is 14.8 Å². The van der Waals surface area contributed by atoms with Crippen molar-refractivity contribution in [3.63, 3.8) is 0 Å². The molecule has 5 heteroatoms. The van der Waals surface area contributed by atoms with Crippen LogP contribution in [-0.2, 0) is 6.54 Å². The monoisotopic (exact) mass is 289 g/mol. The molecule has 0 aliphatic carbocycles. The molecular weight excluding hydrogens is 274 g/mol. The van der Waals surface area contributed by atoms with Crippen LogP contribution in [-0.4, -0.2) is 19.1 Å². The third-order valence-electron chi connectivity index (χ3n) is 3.02. The minimum Gasteiger partial charge on any atom is -0.486 e. The molecule has 0 saturated carbocycles. The zero-order valence-corrected chi connectivity index (χ0v) is 12.0. The van der Waals surface area contributed by atoms with Crippen LogP contribution >= 0.6 is 11.3 Å². The number of carbonyl (C=O) groups excluding carboxylic acids is 1. The van der Waals surface area contributed by atoms with Crippen molar-refractivity contribution < 1.29 is 14.3 Å². The maximum atomic E-state index is 12.0. The molecule has 2 heterocycles. The summed E-state index contributed by atoms with van der Waals surface area (Å²) in [6.07, 6.45) is 0. The van der Waals surface area contributed by atoms with Gasteiger partial charge in [0.1, 0.15) is 13.2 Å². The third-order valence-corrected chi connectivity index (χ3v) is 4.02. The molecule has 20 heavy (non-hydrogen) atoms. The van der Waals surface area contributed by atoms with Gasteiger partial charge in [0.15, 0.2) is 11.5 Å². The Kier molecular flexibility index (Phi) is 3.60. The number of rotatable bonds is 3. The van der Waals surface area contributed by atoms with E-state index in [2.05, 4.69) is 5.32 Å². The summed E-state index contributed by atoms with van der Waals surface area (Å²) in [5.74, 6) is 1.47. The number of carbonyl (C=O) groups is 1. The molecule has 1 N–H and O–H groups in total. The number of thiophene rings is 1. The Morgan fingerprint density at radius 2 is 2.00 bits per heavy atom. The van der Waals surface area contributed by atoms with Crippen LogP contribution in [0.25, 0.3) is 0 Å². The minimum atomic E-state index is -0.0435. The summed E-state index contributed by atoms with van der Waals surface area (Å²) >= 11 is 1.50. The Morgan fingerprint density at radius 3 is 2.75 bits per heavy atom. The second-order valence-electron chi connectivity index (χ2n) is 4.57. The molecule has 0 saturated heterocycles. The van der Waals surface area contributed by atoms with Gasteiger partial charge in [0.25, 0.3) is 5.91 Å². The summed E-state index contributed by atoms with van der Waals surface area (Å²) in [6, 6.07) is 9.52. The second-order valence-corrected chi connectivity index (χ2v) is 5.86. The minimum absolute atomic E-state index is 0.0435. The van der Waals surface area contributed by atoms with Crippen molar-refractivity contribution in [2.75, 3.05) is 13.2 Å². The number of hydrogen-bond donors (Lipinski definition) is 1. The summed E-state index contributed by atoms with van der Waals surface area (Å²) < 4.78 is 11.0. The van der Waals surface area contributed by atoms with E-state index in [1.54, 1.807) is 0 Å². The molecule has 0 spiro atoms. The fourth-order valence-electron chi connectivity index (χ4n) is 2.02. The quantitative estimate of drug-likeness (QED) is 0.945. The van der Waals surface area contributed by atoms with Crippen molar-refractivity contribution in [3.8, 4) is 11.5 Å². The van der Waals surface area contributed by atoms with Crippen LogP contribution in [0.5, 0.6) is 11.5 Å². The van der Waals surface area contributed by atoms with Gasteiger partial charge in [-0.05, 0) is 36.8 Å². The van der Waals surface area contributed by atoms with Crippen LogP contribution in [0.15, 0.2) is 30.3 Å². The van der Waals surface area contributed by atoms with Gasteiger partial charge in [0.05, 0.1) is 4.88 Å². The van der Waals surface area contributed by atoms with Crippen LogP contribution in [0.2, 0.25) is 0 Å². The predicted octanol–water partition coefficient (Wildman–Crippen LogP) is 2.76. The van der Waals surface area contributed by atoms with Gasteiger partial charge in [0.2, 0.25) is 0 Å². The lowest BCUT2D eigenvalue weighted by atomic mass is 10.2. The average molecular weight is 289 g/mol. The number of nitrogens with one attached hydrogen (secondary N) is 1. The normalized spacial score (nSPS) is 13.1. The predicted molar refractivity (Wildman–Crippen MR) is 77.7 cm³/mol. The standard InChI is InChI=1S/C15H15NO3S/c1-10-2-5-14(20-10)15(17)16-9-11-3-4-12-13(8-11)19-7-6-18-12/h2-5,8H,6-7,9H2,1H3,(H,16,17). The Bertz CT molecular complexity index is 636. The van der Waals surface area contributed by atoms with Crippen molar-refractivity contribution in [1.29, 1.82) is 0 Å². The highest BCUT2D eigenvalue weighted by atomic mass is 32.1. The molecule has 1 aliphatic heterocycles. The number of amides is 1. The van der Waals surface area contributed by atoms with E-state index in [0.29, 0.717) is 19.8 Å². The molecule has 3 rings (SSSR count). The Balaban J connectivity index is 1.65. The zero-order chi connectivity index (χ0) is 13.9. The zero-order valence-electron chi connectivity index (χ0n) is 11.1. The van der Waals surface area contributed by atoms with Gasteiger partial charge in [-0.2, -0.15) is 0 Å². The van der Waals surface area contributed by atoms with Gasteiger partial charge in [-0.15, -0.1) is 11.3 Å². The molecule has 1 amide bonds. The first-order valence-corrected chi connectivity index (χ1v) is 7.27. The van der Waals surface area contributed by atoms with Gasteiger partial charge in [-0.1, -0.05) is 6.07 Å². The molecule has 4 nitrogen and oxygen atoms in total. The summed E-state index contributed by atoms with van der Waals surface area (Å²) in [5, 5.41) is 2.91. The van der Waals surface area contributed by atoms with Crippen molar-refractivity contribution in [2.24, 2.45) is 0 Å². The maximum Gasteiger partial charge on any atom is 0.261 e. The summed E-state index contributed by atoms with van der Waals surface area (Å²) in [6.45, 7) is 3.62. The first-order chi connectivity index (χ1) is 9.72. The first kappa shape index (κ1) is 13.0. The number of fused-ring (bicyclic) bond motifs is 1. The van der Waals surface area contributed by atoms with Crippen LogP contribution in [0.3, 0.4) is 0 Å². The lowest BCUT2D eigenvalue weighted by Gasteiger charge is -2.18. The third kappa shape index (κ3) is 2.77. The van der Waals surface area contributed by atoms with E-state index in [1.807, 2.05) is 37.3 Å². The number of hydrogen-bond acceptors (Lipinski definition) is 4. The molecular formula is C15H15NO3S. The van der Waals surface area contributed by atoms with E-state index in [9.17, 15) is 4.79 Å². The Labute approximate surface area is 121 Å². The summed E-state index contributed by atoms with van der Waals surface area (Å²) in [5.41, 5.74) is 0.996. The van der Waals surface area contributed by atoms with Crippen molar-refractivity contribution in [2.45, 2.75) is 13.5 Å². The van der Waals surface area contributed by atoms with E-state index in [1.165, 1.54) is 11.3 Å². The summed E-state index contributed by atoms with van der Waals surface area (Å²) in [4.78, 5) is 13.8. The molecule has 0 fully saturated rings. The fourth-order valence-corrected chi connectivity index (χ4v) is 2.81. The van der Waals surface area contributed by atoms with E-state index in [0.717, 1.165) is 26.8 Å². The highest BCUT2D eigenvalue weighted by Crippen LogP contribution is 2.30. The molecule has 0 unspecified atom stereocenters.